The summed E-state index contributed by atoms with van der Waals surface area (Å²) in [5.41, 5.74) is 0. The lowest BCUT2D eigenvalue weighted by Crippen LogP contribution is -2.42. The van der Waals surface area contributed by atoms with Gasteiger partial charge in [-0.1, -0.05) is 6.92 Å². The smallest absolute Gasteiger partial charge is 0.345 e. The van der Waals surface area contributed by atoms with Crippen molar-refractivity contribution < 1.29 is 19.5 Å². The molecule has 0 bridgehead atoms. The molecule has 90 valence electrons. The van der Waals surface area contributed by atoms with Gasteiger partial charge in [-0.05, 0) is 18.1 Å². The molecule has 0 radical (unpaired) electrons. The first-order valence-corrected chi connectivity index (χ1v) is 5.99. The minimum absolute atomic E-state index is 0.0603. The predicted octanol–water partition coefficient (Wildman–Crippen LogP) is 1.74. The molecule has 6 heteroatoms. The minimum atomic E-state index is -1.05. The third kappa shape index (κ3) is 2.21. The molecule has 1 saturated heterocycles. The number of carbonyl (C=O) groups is 3. The van der Waals surface area contributed by atoms with Crippen molar-refractivity contribution in [3.05, 3.63) is 17.0 Å². The van der Waals surface area contributed by atoms with E-state index in [4.69, 9.17) is 5.11 Å². The highest BCUT2D eigenvalue weighted by Gasteiger charge is 2.32. The Hall–Kier alpha value is -1.69. The summed E-state index contributed by atoms with van der Waals surface area (Å²) < 4.78 is 0. The van der Waals surface area contributed by atoms with E-state index in [1.807, 2.05) is 6.92 Å². The largest absolute Gasteiger partial charge is 0.477 e. The van der Waals surface area contributed by atoms with Crippen molar-refractivity contribution in [2.24, 2.45) is 5.92 Å². The van der Waals surface area contributed by atoms with Gasteiger partial charge in [0.25, 0.3) is 0 Å². The maximum atomic E-state index is 11.8. The Morgan fingerprint density at radius 1 is 1.35 bits per heavy atom. The van der Waals surface area contributed by atoms with E-state index >= 15 is 0 Å². The fourth-order valence-electron chi connectivity index (χ4n) is 1.80. The summed E-state index contributed by atoms with van der Waals surface area (Å²) in [5, 5.41) is 9.19. The highest BCUT2D eigenvalue weighted by molar-refractivity contribution is 7.18. The lowest BCUT2D eigenvalue weighted by atomic mass is 9.98. The van der Waals surface area contributed by atoms with E-state index in [0.717, 1.165) is 16.2 Å². The molecule has 0 aliphatic carbocycles. The molecule has 5 nitrogen and oxygen atoms in total. The number of carboxylic acids is 1. The number of aromatic carboxylic acids is 1. The molecule has 1 N–H and O–H groups in total. The molecule has 2 heterocycles. The molecule has 0 unspecified atom stereocenters. The maximum absolute atomic E-state index is 11.8. The van der Waals surface area contributed by atoms with E-state index in [2.05, 4.69) is 0 Å². The van der Waals surface area contributed by atoms with Crippen LogP contribution >= 0.6 is 11.3 Å². The van der Waals surface area contributed by atoms with E-state index in [9.17, 15) is 14.4 Å². The highest BCUT2D eigenvalue weighted by Crippen LogP contribution is 2.31. The molecule has 0 aromatic carbocycles. The van der Waals surface area contributed by atoms with Crippen molar-refractivity contribution in [3.8, 4) is 0 Å². The van der Waals surface area contributed by atoms with Crippen LogP contribution in [0.4, 0.5) is 5.00 Å². The first kappa shape index (κ1) is 11.8. The molecule has 1 aromatic heterocycles. The van der Waals surface area contributed by atoms with Crippen LogP contribution in [-0.4, -0.2) is 22.9 Å². The zero-order chi connectivity index (χ0) is 12.6. The van der Waals surface area contributed by atoms with Crippen molar-refractivity contribution in [1.82, 2.24) is 0 Å². The summed E-state index contributed by atoms with van der Waals surface area (Å²) >= 11 is 0.941. The van der Waals surface area contributed by atoms with Crippen LogP contribution in [0.2, 0.25) is 0 Å². The van der Waals surface area contributed by atoms with Crippen LogP contribution in [0.25, 0.3) is 0 Å². The third-order valence-electron chi connectivity index (χ3n) is 2.57. The minimum Gasteiger partial charge on any atom is -0.477 e. The molecule has 0 spiro atoms. The van der Waals surface area contributed by atoms with Gasteiger partial charge in [0.05, 0.1) is 0 Å². The molecule has 0 saturated carbocycles. The van der Waals surface area contributed by atoms with E-state index in [1.54, 1.807) is 0 Å². The Balaban J connectivity index is 2.29. The van der Waals surface area contributed by atoms with Gasteiger partial charge in [-0.25, -0.2) is 9.69 Å². The second-order valence-corrected chi connectivity index (χ2v) is 5.14. The number of nitrogens with zero attached hydrogens (tertiary/aromatic N) is 1. The fraction of sp³-hybridized carbons (Fsp3) is 0.364. The molecule has 2 rings (SSSR count). The van der Waals surface area contributed by atoms with Crippen molar-refractivity contribution in [1.29, 1.82) is 0 Å². The average molecular weight is 253 g/mol. The Labute approximate surface area is 102 Å². The first-order valence-electron chi connectivity index (χ1n) is 5.18. The van der Waals surface area contributed by atoms with Gasteiger partial charge >= 0.3 is 5.97 Å². The van der Waals surface area contributed by atoms with Crippen molar-refractivity contribution in [2.75, 3.05) is 4.90 Å². The molecule has 17 heavy (non-hydrogen) atoms. The van der Waals surface area contributed by atoms with E-state index in [1.165, 1.54) is 12.1 Å². The fourth-order valence-corrected chi connectivity index (χ4v) is 2.68. The number of rotatable bonds is 2. The summed E-state index contributed by atoms with van der Waals surface area (Å²) in [7, 11) is 0. The summed E-state index contributed by atoms with van der Waals surface area (Å²) in [6, 6.07) is 2.90. The van der Waals surface area contributed by atoms with E-state index in [-0.39, 0.29) is 22.6 Å². The lowest BCUT2D eigenvalue weighted by Gasteiger charge is -2.26. The van der Waals surface area contributed by atoms with Crippen molar-refractivity contribution in [3.63, 3.8) is 0 Å². The summed E-state index contributed by atoms with van der Waals surface area (Å²) in [5.74, 6) is -1.50. The number of imide groups is 1. The molecular formula is C11H11NO4S. The van der Waals surface area contributed by atoms with Crippen LogP contribution in [0.3, 0.4) is 0 Å². The molecule has 1 aliphatic rings. The Kier molecular flexibility index (Phi) is 2.97. The van der Waals surface area contributed by atoms with E-state index < -0.39 is 5.97 Å². The van der Waals surface area contributed by atoms with Crippen LogP contribution < -0.4 is 4.90 Å². The number of hydrogen-bond donors (Lipinski definition) is 1. The van der Waals surface area contributed by atoms with Crippen LogP contribution in [0, 0.1) is 5.92 Å². The number of amides is 2. The highest BCUT2D eigenvalue weighted by atomic mass is 32.1. The molecular weight excluding hydrogens is 242 g/mol. The van der Waals surface area contributed by atoms with Crippen LogP contribution in [0.1, 0.15) is 29.4 Å². The standard InChI is InChI=1S/C11H11NO4S/c1-6-4-8(13)12(9(14)5-6)10-3-2-7(17-10)11(15)16/h2-3,6H,4-5H2,1H3,(H,15,16). The summed E-state index contributed by atoms with van der Waals surface area (Å²) in [6.45, 7) is 1.85. The molecule has 1 aromatic rings. The first-order chi connectivity index (χ1) is 7.99. The normalized spacial score (nSPS) is 17.6. The van der Waals surface area contributed by atoms with Gasteiger partial charge in [0.15, 0.2) is 0 Å². The molecule has 1 aliphatic heterocycles. The van der Waals surface area contributed by atoms with Gasteiger partial charge in [-0.3, -0.25) is 9.59 Å². The average Bonchev–Trinajstić information content (AvgIpc) is 2.65. The second-order valence-electron chi connectivity index (χ2n) is 4.08. The van der Waals surface area contributed by atoms with Gasteiger partial charge in [0, 0.05) is 12.8 Å². The zero-order valence-electron chi connectivity index (χ0n) is 9.17. The van der Waals surface area contributed by atoms with Gasteiger partial charge < -0.3 is 5.11 Å². The number of carboxylic acid groups (broad SMARTS) is 1. The van der Waals surface area contributed by atoms with Gasteiger partial charge in [-0.15, -0.1) is 11.3 Å². The molecule has 1 fully saturated rings. The Bertz CT molecular complexity index is 475. The van der Waals surface area contributed by atoms with Gasteiger partial charge in [0.1, 0.15) is 9.88 Å². The second kappa shape index (κ2) is 4.29. The van der Waals surface area contributed by atoms with Crippen molar-refractivity contribution >= 4 is 34.1 Å². The monoisotopic (exact) mass is 253 g/mol. The maximum Gasteiger partial charge on any atom is 0.345 e. The summed E-state index contributed by atoms with van der Waals surface area (Å²) in [4.78, 5) is 35.5. The van der Waals surface area contributed by atoms with Crippen LogP contribution in [-0.2, 0) is 9.59 Å². The number of thiophene rings is 1. The van der Waals surface area contributed by atoms with E-state index in [0.29, 0.717) is 17.8 Å². The molecule has 2 amide bonds. The lowest BCUT2D eigenvalue weighted by molar-refractivity contribution is -0.130. The summed E-state index contributed by atoms with van der Waals surface area (Å²) in [6.07, 6.45) is 0.651. The van der Waals surface area contributed by atoms with Crippen LogP contribution in [0.5, 0.6) is 0 Å². The van der Waals surface area contributed by atoms with Gasteiger partial charge in [0.2, 0.25) is 11.8 Å². The quantitative estimate of drug-likeness (QED) is 0.814. The van der Waals surface area contributed by atoms with Crippen LogP contribution in [0.15, 0.2) is 12.1 Å². The SMILES string of the molecule is CC1CC(=O)N(c2ccc(C(=O)O)s2)C(=O)C1. The Morgan fingerprint density at radius 2 is 1.94 bits per heavy atom. The zero-order valence-corrected chi connectivity index (χ0v) is 9.99. The number of carbonyl (C=O) groups excluding carboxylic acids is 2. The number of hydrogen-bond acceptors (Lipinski definition) is 4. The Morgan fingerprint density at radius 3 is 2.41 bits per heavy atom. The third-order valence-corrected chi connectivity index (χ3v) is 3.63. The number of piperidine rings is 1. The molecule has 0 atom stereocenters. The van der Waals surface area contributed by atoms with Gasteiger partial charge in [-0.2, -0.15) is 0 Å². The predicted molar refractivity (Wildman–Crippen MR) is 62.2 cm³/mol. The number of anilines is 1. The van der Waals surface area contributed by atoms with Crippen molar-refractivity contribution in [2.45, 2.75) is 19.8 Å². The topological polar surface area (TPSA) is 74.7 Å².